The van der Waals surface area contributed by atoms with Gasteiger partial charge in [-0.2, -0.15) is 0 Å². The van der Waals surface area contributed by atoms with Gasteiger partial charge >= 0.3 is 5.69 Å². The van der Waals surface area contributed by atoms with Crippen LogP contribution >= 0.6 is 0 Å². The summed E-state index contributed by atoms with van der Waals surface area (Å²) in [4.78, 5) is 10.3. The van der Waals surface area contributed by atoms with E-state index in [9.17, 15) is 10.1 Å². The van der Waals surface area contributed by atoms with Gasteiger partial charge in [-0.3, -0.25) is 10.1 Å². The van der Waals surface area contributed by atoms with Crippen LogP contribution in [0.3, 0.4) is 0 Å². The first-order valence-corrected chi connectivity index (χ1v) is 5.14. The fraction of sp³-hybridized carbons (Fsp3) is 0.455. The Morgan fingerprint density at radius 3 is 2.35 bits per heavy atom. The van der Waals surface area contributed by atoms with Crippen molar-refractivity contribution in [3.63, 3.8) is 0 Å². The second-order valence-corrected chi connectivity index (χ2v) is 3.77. The molecule has 0 saturated carbocycles. The minimum atomic E-state index is -0.503. The minimum absolute atomic E-state index is 0.0601. The van der Waals surface area contributed by atoms with Crippen LogP contribution < -0.4 is 15.2 Å². The van der Waals surface area contributed by atoms with Gasteiger partial charge in [0.25, 0.3) is 0 Å². The van der Waals surface area contributed by atoms with E-state index in [0.29, 0.717) is 12.2 Å². The first-order chi connectivity index (χ1) is 7.99. The van der Waals surface area contributed by atoms with E-state index in [1.165, 1.54) is 20.3 Å². The van der Waals surface area contributed by atoms with Gasteiger partial charge in [0.1, 0.15) is 5.75 Å². The first-order valence-electron chi connectivity index (χ1n) is 5.14. The molecule has 94 valence electrons. The van der Waals surface area contributed by atoms with Crippen LogP contribution in [-0.2, 0) is 6.42 Å². The maximum atomic E-state index is 10.8. The lowest BCUT2D eigenvalue weighted by Crippen LogP contribution is -2.18. The first kappa shape index (κ1) is 13.2. The molecule has 1 rings (SSSR count). The van der Waals surface area contributed by atoms with Crippen LogP contribution in [0.25, 0.3) is 0 Å². The summed E-state index contributed by atoms with van der Waals surface area (Å²) in [5.41, 5.74) is 6.39. The summed E-state index contributed by atoms with van der Waals surface area (Å²) in [6.45, 7) is 1.85. The van der Waals surface area contributed by atoms with Crippen molar-refractivity contribution >= 4 is 5.69 Å². The number of hydrogen-bond acceptors (Lipinski definition) is 5. The van der Waals surface area contributed by atoms with E-state index in [0.717, 1.165) is 5.56 Å². The molecule has 0 spiro atoms. The van der Waals surface area contributed by atoms with Gasteiger partial charge in [-0.05, 0) is 25.0 Å². The maximum absolute atomic E-state index is 10.8. The van der Waals surface area contributed by atoms with E-state index in [-0.39, 0.29) is 17.5 Å². The van der Waals surface area contributed by atoms with Gasteiger partial charge < -0.3 is 15.2 Å². The number of methoxy groups -OCH3 is 2. The Kier molecular flexibility index (Phi) is 4.28. The lowest BCUT2D eigenvalue weighted by molar-refractivity contribution is -0.385. The lowest BCUT2D eigenvalue weighted by atomic mass is 10.1. The third-order valence-electron chi connectivity index (χ3n) is 2.32. The number of hydrogen-bond donors (Lipinski definition) is 1. The number of benzene rings is 1. The Hall–Kier alpha value is -1.82. The molecule has 0 fully saturated rings. The third kappa shape index (κ3) is 3.07. The summed E-state index contributed by atoms with van der Waals surface area (Å²) >= 11 is 0. The molecular formula is C11H16N2O4. The zero-order valence-corrected chi connectivity index (χ0v) is 10.1. The van der Waals surface area contributed by atoms with Crippen LogP contribution in [0.2, 0.25) is 0 Å². The van der Waals surface area contributed by atoms with Crippen LogP contribution in [0.4, 0.5) is 5.69 Å². The standard InChI is InChI=1S/C11H16N2O4/c1-7(12)4-8-5-11(17-3)9(13(14)15)6-10(8)16-2/h5-7H,4,12H2,1-3H3/t7-/m1/s1. The van der Waals surface area contributed by atoms with Crippen LogP contribution in [0, 0.1) is 10.1 Å². The quantitative estimate of drug-likeness (QED) is 0.622. The Morgan fingerprint density at radius 2 is 1.94 bits per heavy atom. The number of rotatable bonds is 5. The van der Waals surface area contributed by atoms with Gasteiger partial charge in [0, 0.05) is 6.04 Å². The van der Waals surface area contributed by atoms with Gasteiger partial charge in [-0.15, -0.1) is 0 Å². The van der Waals surface area contributed by atoms with Gasteiger partial charge in [0.15, 0.2) is 5.75 Å². The summed E-state index contributed by atoms with van der Waals surface area (Å²) in [6, 6.07) is 2.90. The fourth-order valence-electron chi connectivity index (χ4n) is 1.59. The number of nitro groups is 1. The van der Waals surface area contributed by atoms with E-state index < -0.39 is 4.92 Å². The van der Waals surface area contributed by atoms with Gasteiger partial charge in [0.05, 0.1) is 25.2 Å². The van der Waals surface area contributed by atoms with Crippen molar-refractivity contribution in [3.8, 4) is 11.5 Å². The Morgan fingerprint density at radius 1 is 1.35 bits per heavy atom. The summed E-state index contributed by atoms with van der Waals surface area (Å²) in [7, 11) is 2.86. The zero-order chi connectivity index (χ0) is 13.0. The molecule has 0 aliphatic rings. The zero-order valence-electron chi connectivity index (χ0n) is 10.1. The average Bonchev–Trinajstić information content (AvgIpc) is 2.27. The molecule has 0 unspecified atom stereocenters. The lowest BCUT2D eigenvalue weighted by Gasteiger charge is -2.12. The molecule has 0 aromatic heterocycles. The van der Waals surface area contributed by atoms with Crippen molar-refractivity contribution in [3.05, 3.63) is 27.8 Å². The highest BCUT2D eigenvalue weighted by Crippen LogP contribution is 2.34. The Labute approximate surface area is 99.5 Å². The van der Waals surface area contributed by atoms with Crippen LogP contribution in [-0.4, -0.2) is 25.2 Å². The number of ether oxygens (including phenoxy) is 2. The normalized spacial score (nSPS) is 12.0. The fourth-order valence-corrected chi connectivity index (χ4v) is 1.59. The largest absolute Gasteiger partial charge is 0.496 e. The highest BCUT2D eigenvalue weighted by atomic mass is 16.6. The molecule has 6 heteroatoms. The molecule has 17 heavy (non-hydrogen) atoms. The number of nitrogens with zero attached hydrogens (tertiary/aromatic N) is 1. The molecule has 1 aromatic carbocycles. The number of nitrogens with two attached hydrogens (primary N) is 1. The van der Waals surface area contributed by atoms with Crippen LogP contribution in [0.1, 0.15) is 12.5 Å². The second kappa shape index (κ2) is 5.49. The van der Waals surface area contributed by atoms with Crippen molar-refractivity contribution in [2.75, 3.05) is 14.2 Å². The van der Waals surface area contributed by atoms with Crippen molar-refractivity contribution in [1.82, 2.24) is 0 Å². The Balaban J connectivity index is 3.27. The molecule has 0 radical (unpaired) electrons. The van der Waals surface area contributed by atoms with Crippen LogP contribution in [0.15, 0.2) is 12.1 Å². The molecular weight excluding hydrogens is 224 g/mol. The van der Waals surface area contributed by atoms with E-state index in [1.54, 1.807) is 6.07 Å². The van der Waals surface area contributed by atoms with Gasteiger partial charge in [0.2, 0.25) is 0 Å². The molecule has 1 aromatic rings. The SMILES string of the molecule is COc1cc([N+](=O)[O-])c(OC)cc1C[C@@H](C)N. The topological polar surface area (TPSA) is 87.6 Å². The molecule has 0 aliphatic carbocycles. The van der Waals surface area contributed by atoms with E-state index in [4.69, 9.17) is 15.2 Å². The predicted molar refractivity (Wildman–Crippen MR) is 63.6 cm³/mol. The van der Waals surface area contributed by atoms with Crippen molar-refractivity contribution < 1.29 is 14.4 Å². The minimum Gasteiger partial charge on any atom is -0.496 e. The Bertz CT molecular complexity index is 418. The molecule has 0 amide bonds. The number of nitro benzene ring substituents is 1. The average molecular weight is 240 g/mol. The molecule has 6 nitrogen and oxygen atoms in total. The molecule has 0 heterocycles. The highest BCUT2D eigenvalue weighted by Gasteiger charge is 2.19. The smallest absolute Gasteiger partial charge is 0.314 e. The highest BCUT2D eigenvalue weighted by molar-refractivity contribution is 5.55. The van der Waals surface area contributed by atoms with E-state index in [1.807, 2.05) is 6.92 Å². The molecule has 1 atom stereocenters. The molecule has 0 aliphatic heterocycles. The summed E-state index contributed by atoms with van der Waals surface area (Å²) < 4.78 is 10.1. The summed E-state index contributed by atoms with van der Waals surface area (Å²) in [6.07, 6.45) is 0.567. The second-order valence-electron chi connectivity index (χ2n) is 3.77. The van der Waals surface area contributed by atoms with Crippen molar-refractivity contribution in [2.45, 2.75) is 19.4 Å². The van der Waals surface area contributed by atoms with Crippen LogP contribution in [0.5, 0.6) is 11.5 Å². The summed E-state index contributed by atoms with van der Waals surface area (Å²) in [5.74, 6) is 0.668. The molecule has 0 saturated heterocycles. The molecule has 2 N–H and O–H groups in total. The van der Waals surface area contributed by atoms with Crippen molar-refractivity contribution in [2.24, 2.45) is 5.73 Å². The van der Waals surface area contributed by atoms with Crippen molar-refractivity contribution in [1.29, 1.82) is 0 Å². The van der Waals surface area contributed by atoms with E-state index >= 15 is 0 Å². The predicted octanol–water partition coefficient (Wildman–Crippen LogP) is 1.50. The third-order valence-corrected chi connectivity index (χ3v) is 2.32. The van der Waals surface area contributed by atoms with Gasteiger partial charge in [-0.1, -0.05) is 0 Å². The monoisotopic (exact) mass is 240 g/mol. The summed E-state index contributed by atoms with van der Waals surface area (Å²) in [5, 5.41) is 10.8. The van der Waals surface area contributed by atoms with Gasteiger partial charge in [-0.25, -0.2) is 0 Å². The maximum Gasteiger partial charge on any atom is 0.314 e. The molecule has 0 bridgehead atoms. The van der Waals surface area contributed by atoms with E-state index in [2.05, 4.69) is 0 Å².